The van der Waals surface area contributed by atoms with E-state index in [1.807, 2.05) is 60.5 Å². The predicted molar refractivity (Wildman–Crippen MR) is 622 cm³/mol. The SMILES string of the molecule is CCCCCC/C=C\COC(=O)CCCCCCCN(CCCCCCCC(=O)OC(CCCCCCCC)CCCCCCCC)C(=O)SCCN(C)C.CCCCCC/C=C\COC(=O)CN(CC(=O)OC(CCCCCCC)CCCCCCC)C(=O)SCCCN(C)C.CCCCCCCC(CCCCCCC)OC(=O)CN(CC(=O)OC(CCCCCCC)CCCCCCC)C(=O)SCCCN(C)C. The summed E-state index contributed by atoms with van der Waals surface area (Å²) in [6.07, 6.45) is 89.7. The van der Waals surface area contributed by atoms with Crippen LogP contribution in [-0.4, -0.2) is 237 Å². The highest BCUT2D eigenvalue weighted by atomic mass is 32.2. The molecule has 0 fully saturated rings. The van der Waals surface area contributed by atoms with Gasteiger partial charge in [-0.15, -0.1) is 0 Å². The molecular formula is C121H232N6O15S3. The Balaban J connectivity index is -0.00000211. The predicted octanol–water partition coefficient (Wildman–Crippen LogP) is 34.0. The monoisotopic (exact) mass is 2110 g/mol. The van der Waals surface area contributed by atoms with Crippen molar-refractivity contribution in [2.75, 3.05) is 132 Å². The molecule has 0 unspecified atom stereocenters. The number of unbranched alkanes of at least 4 members (excludes halogenated alkanes) is 50. The lowest BCUT2D eigenvalue weighted by molar-refractivity contribution is -0.154. The fourth-order valence-corrected chi connectivity index (χ4v) is 19.9. The van der Waals surface area contributed by atoms with E-state index in [4.69, 9.17) is 28.4 Å². The molecule has 145 heavy (non-hydrogen) atoms. The maximum Gasteiger partial charge on any atom is 0.326 e. The highest BCUT2D eigenvalue weighted by Crippen LogP contribution is 2.26. The second-order valence-electron chi connectivity index (χ2n) is 42.0. The van der Waals surface area contributed by atoms with Crippen molar-refractivity contribution in [3.05, 3.63) is 24.3 Å². The summed E-state index contributed by atoms with van der Waals surface area (Å²) in [6.45, 7) is 26.1. The normalized spacial score (nSPS) is 11.6. The van der Waals surface area contributed by atoms with Gasteiger partial charge >= 0.3 is 35.8 Å². The summed E-state index contributed by atoms with van der Waals surface area (Å²) in [7, 11) is 12.1. The zero-order valence-electron chi connectivity index (χ0n) is 97.4. The summed E-state index contributed by atoms with van der Waals surface area (Å²) < 4.78 is 34.7. The molecule has 0 saturated carbocycles. The molecule has 21 nitrogen and oxygen atoms in total. The van der Waals surface area contributed by atoms with Crippen LogP contribution in [-0.2, 0) is 57.2 Å². The molecule has 0 aromatic heterocycles. The first-order valence-corrected chi connectivity index (χ1v) is 63.5. The molecule has 0 aliphatic rings. The fourth-order valence-electron chi connectivity index (χ4n) is 17.4. The van der Waals surface area contributed by atoms with Gasteiger partial charge in [0.05, 0.1) is 0 Å². The van der Waals surface area contributed by atoms with Gasteiger partial charge in [0, 0.05) is 49.7 Å². The van der Waals surface area contributed by atoms with Crippen LogP contribution in [0.4, 0.5) is 14.4 Å². The molecule has 0 bridgehead atoms. The largest absolute Gasteiger partial charge is 0.462 e. The van der Waals surface area contributed by atoms with Crippen molar-refractivity contribution in [1.29, 1.82) is 0 Å². The van der Waals surface area contributed by atoms with E-state index in [9.17, 15) is 43.2 Å². The Morgan fingerprint density at radius 2 is 0.428 bits per heavy atom. The minimum absolute atomic E-state index is 0.00959. The summed E-state index contributed by atoms with van der Waals surface area (Å²) in [5.41, 5.74) is 0. The summed E-state index contributed by atoms with van der Waals surface area (Å²) in [5, 5.41) is -0.349. The van der Waals surface area contributed by atoms with E-state index >= 15 is 0 Å². The molecular weight excluding hydrogens is 1870 g/mol. The van der Waals surface area contributed by atoms with E-state index in [0.717, 1.165) is 275 Å². The van der Waals surface area contributed by atoms with Gasteiger partial charge in [-0.3, -0.25) is 43.2 Å². The number of thioether (sulfide) groups is 3. The number of carbonyl (C=O) groups excluding carboxylic acids is 9. The smallest absolute Gasteiger partial charge is 0.326 e. The maximum atomic E-state index is 13.4. The molecule has 0 N–H and O–H groups in total. The van der Waals surface area contributed by atoms with Gasteiger partial charge < -0.3 is 57.8 Å². The number of nitrogens with zero attached hydrogens (tertiary/aromatic N) is 6. The second kappa shape index (κ2) is 114. The third-order valence-electron chi connectivity index (χ3n) is 26.6. The lowest BCUT2D eigenvalue weighted by Gasteiger charge is -2.25. The minimum atomic E-state index is -0.510. The molecule has 0 aliphatic heterocycles. The van der Waals surface area contributed by atoms with Gasteiger partial charge in [-0.25, -0.2) is 0 Å². The van der Waals surface area contributed by atoms with Gasteiger partial charge in [-0.2, -0.15) is 0 Å². The van der Waals surface area contributed by atoms with Gasteiger partial charge in [-0.1, -0.05) is 424 Å². The van der Waals surface area contributed by atoms with Crippen molar-refractivity contribution in [3.8, 4) is 0 Å². The molecule has 0 aliphatic carbocycles. The first kappa shape index (κ1) is 145. The van der Waals surface area contributed by atoms with Crippen LogP contribution in [0.1, 0.15) is 544 Å². The van der Waals surface area contributed by atoms with Crippen LogP contribution in [0.2, 0.25) is 0 Å². The summed E-state index contributed by atoms with van der Waals surface area (Å²) in [5.74, 6) is 0.166. The summed E-state index contributed by atoms with van der Waals surface area (Å²) in [6, 6.07) is 0. The Kier molecular flexibility index (Phi) is 114. The topological polar surface area (TPSA) is 228 Å². The molecule has 3 amide bonds. The van der Waals surface area contributed by atoms with Crippen LogP contribution >= 0.6 is 35.3 Å². The van der Waals surface area contributed by atoms with Crippen molar-refractivity contribution in [3.63, 3.8) is 0 Å². The van der Waals surface area contributed by atoms with Crippen LogP contribution in [0, 0.1) is 0 Å². The van der Waals surface area contributed by atoms with Crippen LogP contribution in [0.5, 0.6) is 0 Å². The number of hydrogen-bond acceptors (Lipinski definition) is 21. The average Bonchev–Trinajstić information content (AvgIpc) is 0.867. The number of amides is 3. The van der Waals surface area contributed by atoms with Crippen molar-refractivity contribution in [2.45, 2.75) is 569 Å². The Morgan fingerprint density at radius 3 is 0.710 bits per heavy atom. The number of hydrogen-bond donors (Lipinski definition) is 0. The van der Waals surface area contributed by atoms with Crippen LogP contribution in [0.3, 0.4) is 0 Å². The van der Waals surface area contributed by atoms with Gasteiger partial charge in [0.1, 0.15) is 63.8 Å². The molecule has 0 heterocycles. The van der Waals surface area contributed by atoms with E-state index < -0.39 is 23.9 Å². The van der Waals surface area contributed by atoms with Crippen molar-refractivity contribution in [2.24, 2.45) is 0 Å². The Morgan fingerprint density at radius 1 is 0.207 bits per heavy atom. The maximum absolute atomic E-state index is 13.4. The molecule has 24 heteroatoms. The van der Waals surface area contributed by atoms with Crippen LogP contribution in [0.25, 0.3) is 0 Å². The first-order valence-electron chi connectivity index (χ1n) is 60.5. The standard InChI is InChI=1S/C47H90N2O5S.C40H78N2O5S.C34H64N2O5S/c1-6-9-12-15-18-27-34-42-53-45(50)37-30-23-19-25-32-39-49(47(52)55-43-41-48(4)5)40-33-26-20-24-31-38-46(51)54-44(35-28-21-16-13-10-7-2)36-29-22-17-14-11-8-3;1-7-11-15-19-23-28-36(29-24-20-16-12-8-2)46-38(43)34-42(40(45)48-33-27-32-41(5)6)35-39(44)47-37(30-25-21-17-13-9-3)31-26-22-18-14-10-4;1-6-9-12-15-16-19-22-27-40-32(37)29-36(34(39)42-28-23-26-35(4)5)30-33(38)41-31(24-20-17-13-10-7-2)25-21-18-14-11-8-3/h27,34,44H,6-26,28-33,35-43H2,1-5H3;36-37H,7-35H2,1-6H3;19,22,31H,6-18,20-21,23-30H2,1-5H3/b34-27-;;22-19-. The third-order valence-corrected chi connectivity index (χ3v) is 29.5. The quantitative estimate of drug-likeness (QED) is 0.0238. The van der Waals surface area contributed by atoms with E-state index in [-0.39, 0.29) is 84.9 Å². The fraction of sp³-hybridized carbons (Fsp3) is 0.893. The summed E-state index contributed by atoms with van der Waals surface area (Å²) >= 11 is 3.76. The molecule has 0 saturated heterocycles. The molecule has 0 aromatic rings. The summed E-state index contributed by atoms with van der Waals surface area (Å²) in [4.78, 5) is 128. The number of rotatable bonds is 103. The number of ether oxygens (including phenoxy) is 6. The van der Waals surface area contributed by atoms with Crippen LogP contribution in [0.15, 0.2) is 24.3 Å². The van der Waals surface area contributed by atoms with Gasteiger partial charge in [0.25, 0.3) is 15.7 Å². The van der Waals surface area contributed by atoms with Gasteiger partial charge in [0.2, 0.25) is 0 Å². The van der Waals surface area contributed by atoms with E-state index in [1.54, 1.807) is 0 Å². The molecule has 0 atom stereocenters. The Bertz CT molecular complexity index is 2860. The highest BCUT2D eigenvalue weighted by molar-refractivity contribution is 8.14. The van der Waals surface area contributed by atoms with E-state index in [1.165, 1.54) is 271 Å². The van der Waals surface area contributed by atoms with Crippen LogP contribution < -0.4 is 0 Å². The second-order valence-corrected chi connectivity index (χ2v) is 45.1. The zero-order valence-corrected chi connectivity index (χ0v) is 99.8. The first-order chi connectivity index (χ1) is 70.4. The number of allylic oxidation sites excluding steroid dienone is 2. The van der Waals surface area contributed by atoms with Gasteiger partial charge in [0.15, 0.2) is 0 Å². The zero-order chi connectivity index (χ0) is 107. The number of carbonyl (C=O) groups is 9. The van der Waals surface area contributed by atoms with E-state index in [2.05, 4.69) is 94.9 Å². The lowest BCUT2D eigenvalue weighted by Crippen LogP contribution is -2.40. The lowest BCUT2D eigenvalue weighted by atomic mass is 10.0. The Labute approximate surface area is 906 Å². The molecule has 0 aromatic carbocycles. The van der Waals surface area contributed by atoms with Crippen molar-refractivity contribution < 1.29 is 71.6 Å². The molecule has 0 radical (unpaired) electrons. The molecule has 0 rings (SSSR count). The van der Waals surface area contributed by atoms with Crippen molar-refractivity contribution in [1.82, 2.24) is 29.4 Å². The minimum Gasteiger partial charge on any atom is -0.462 e. The number of esters is 6. The van der Waals surface area contributed by atoms with Gasteiger partial charge in [-0.05, 0) is 222 Å². The third kappa shape index (κ3) is 106. The van der Waals surface area contributed by atoms with Crippen molar-refractivity contribution >= 4 is 86.8 Å². The van der Waals surface area contributed by atoms with E-state index in [0.29, 0.717) is 31.0 Å². The Hall–Kier alpha value is -4.36. The average molecular weight is 2110 g/mol. The highest BCUT2D eigenvalue weighted by Gasteiger charge is 2.29. The molecule has 854 valence electrons. The molecule has 0 spiro atoms.